The molecule has 0 saturated carbocycles. The maximum Gasteiger partial charge on any atom is 0.225 e. The van der Waals surface area contributed by atoms with Crippen LogP contribution in [0.15, 0.2) is 47.1 Å². The van der Waals surface area contributed by atoms with Crippen LogP contribution < -0.4 is 10.1 Å². The van der Waals surface area contributed by atoms with Crippen LogP contribution in [0.4, 0.5) is 5.69 Å². The zero-order valence-corrected chi connectivity index (χ0v) is 12.3. The third-order valence-electron chi connectivity index (χ3n) is 3.11. The van der Waals surface area contributed by atoms with Gasteiger partial charge < -0.3 is 14.5 Å². The van der Waals surface area contributed by atoms with E-state index in [9.17, 15) is 4.79 Å². The van der Waals surface area contributed by atoms with Gasteiger partial charge in [-0.3, -0.25) is 9.69 Å². The fourth-order valence-electron chi connectivity index (χ4n) is 2.00. The van der Waals surface area contributed by atoms with Crippen LogP contribution in [0.1, 0.15) is 12.2 Å². The molecule has 2 rings (SSSR count). The van der Waals surface area contributed by atoms with E-state index in [2.05, 4.69) is 5.32 Å². The molecule has 1 aromatic carbocycles. The highest BCUT2D eigenvalue weighted by Gasteiger charge is 2.09. The van der Waals surface area contributed by atoms with Gasteiger partial charge in [0.1, 0.15) is 11.5 Å². The van der Waals surface area contributed by atoms with Gasteiger partial charge in [-0.1, -0.05) is 12.1 Å². The van der Waals surface area contributed by atoms with Crippen molar-refractivity contribution in [2.24, 2.45) is 0 Å². The number of ether oxygens (including phenoxy) is 1. The predicted molar refractivity (Wildman–Crippen MR) is 81.3 cm³/mol. The summed E-state index contributed by atoms with van der Waals surface area (Å²) in [5, 5.41) is 2.86. The minimum atomic E-state index is -0.0363. The minimum Gasteiger partial charge on any atom is -0.495 e. The number of furan rings is 1. The summed E-state index contributed by atoms with van der Waals surface area (Å²) in [4.78, 5) is 14.0. The summed E-state index contributed by atoms with van der Waals surface area (Å²) in [6, 6.07) is 11.2. The Morgan fingerprint density at radius 1 is 1.29 bits per heavy atom. The standard InChI is InChI=1S/C16H20N2O3/c1-18(12-13-6-5-11-21-13)10-9-16(19)17-14-7-3-4-8-15(14)20-2/h3-8,11H,9-10,12H2,1-2H3,(H,17,19). The zero-order chi connectivity index (χ0) is 15.1. The highest BCUT2D eigenvalue weighted by atomic mass is 16.5. The predicted octanol–water partition coefficient (Wildman–Crippen LogP) is 2.75. The topological polar surface area (TPSA) is 54.7 Å². The molecule has 0 atom stereocenters. The monoisotopic (exact) mass is 288 g/mol. The number of amides is 1. The van der Waals surface area contributed by atoms with Crippen molar-refractivity contribution in [2.45, 2.75) is 13.0 Å². The van der Waals surface area contributed by atoms with Gasteiger partial charge >= 0.3 is 0 Å². The number of hydrogen-bond donors (Lipinski definition) is 1. The summed E-state index contributed by atoms with van der Waals surface area (Å²) < 4.78 is 10.5. The lowest BCUT2D eigenvalue weighted by molar-refractivity contribution is -0.116. The molecule has 0 aliphatic carbocycles. The van der Waals surface area contributed by atoms with E-state index in [0.29, 0.717) is 30.9 Å². The highest BCUT2D eigenvalue weighted by molar-refractivity contribution is 5.92. The number of carbonyl (C=O) groups excluding carboxylic acids is 1. The van der Waals surface area contributed by atoms with Crippen LogP contribution in [0.25, 0.3) is 0 Å². The molecule has 1 aromatic heterocycles. The van der Waals surface area contributed by atoms with Gasteiger partial charge in [0.05, 0.1) is 25.6 Å². The second-order valence-electron chi connectivity index (χ2n) is 4.82. The Morgan fingerprint density at radius 3 is 2.81 bits per heavy atom. The van der Waals surface area contributed by atoms with Gasteiger partial charge in [-0.05, 0) is 31.3 Å². The second kappa shape index (κ2) is 7.50. The van der Waals surface area contributed by atoms with Gasteiger partial charge in [0, 0.05) is 13.0 Å². The molecule has 0 bridgehead atoms. The molecule has 0 aliphatic heterocycles. The fraction of sp³-hybridized carbons (Fsp3) is 0.312. The minimum absolute atomic E-state index is 0.0363. The number of benzene rings is 1. The van der Waals surface area contributed by atoms with Crippen LogP contribution >= 0.6 is 0 Å². The van der Waals surface area contributed by atoms with Crippen LogP contribution in [-0.2, 0) is 11.3 Å². The Kier molecular flexibility index (Phi) is 5.40. The van der Waals surface area contributed by atoms with E-state index in [0.717, 1.165) is 5.76 Å². The zero-order valence-electron chi connectivity index (χ0n) is 12.3. The molecule has 5 heteroatoms. The fourth-order valence-corrected chi connectivity index (χ4v) is 2.00. The molecule has 0 unspecified atom stereocenters. The number of nitrogens with one attached hydrogen (secondary N) is 1. The number of methoxy groups -OCH3 is 1. The SMILES string of the molecule is COc1ccccc1NC(=O)CCN(C)Cc1ccco1. The van der Waals surface area contributed by atoms with Crippen LogP contribution in [-0.4, -0.2) is 31.5 Å². The normalized spacial score (nSPS) is 10.6. The van der Waals surface area contributed by atoms with Crippen molar-refractivity contribution in [1.29, 1.82) is 0 Å². The number of rotatable bonds is 7. The van der Waals surface area contributed by atoms with Crippen molar-refractivity contribution >= 4 is 11.6 Å². The number of hydrogen-bond acceptors (Lipinski definition) is 4. The molecule has 1 N–H and O–H groups in total. The van der Waals surface area contributed by atoms with E-state index in [4.69, 9.17) is 9.15 Å². The molecular formula is C16H20N2O3. The lowest BCUT2D eigenvalue weighted by Gasteiger charge is -2.15. The van der Waals surface area contributed by atoms with E-state index in [1.807, 2.05) is 48.3 Å². The summed E-state index contributed by atoms with van der Waals surface area (Å²) in [5.74, 6) is 1.52. The van der Waals surface area contributed by atoms with E-state index in [-0.39, 0.29) is 5.91 Å². The van der Waals surface area contributed by atoms with Gasteiger partial charge in [0.15, 0.2) is 0 Å². The van der Waals surface area contributed by atoms with Crippen LogP contribution in [0.3, 0.4) is 0 Å². The molecule has 0 spiro atoms. The van der Waals surface area contributed by atoms with E-state index in [1.54, 1.807) is 13.4 Å². The van der Waals surface area contributed by atoms with Crippen molar-refractivity contribution < 1.29 is 13.9 Å². The molecule has 0 fully saturated rings. The van der Waals surface area contributed by atoms with Crippen LogP contribution in [0.5, 0.6) is 5.75 Å². The average Bonchev–Trinajstić information content (AvgIpc) is 2.98. The summed E-state index contributed by atoms with van der Waals surface area (Å²) in [6.07, 6.45) is 2.06. The van der Waals surface area contributed by atoms with Crippen molar-refractivity contribution in [3.63, 3.8) is 0 Å². The molecular weight excluding hydrogens is 268 g/mol. The third-order valence-corrected chi connectivity index (χ3v) is 3.11. The molecule has 1 amide bonds. The molecule has 0 aliphatic rings. The number of nitrogens with zero attached hydrogens (tertiary/aromatic N) is 1. The molecule has 0 saturated heterocycles. The van der Waals surface area contributed by atoms with E-state index >= 15 is 0 Å². The summed E-state index contributed by atoms with van der Waals surface area (Å²) in [6.45, 7) is 1.34. The van der Waals surface area contributed by atoms with Crippen molar-refractivity contribution in [2.75, 3.05) is 26.0 Å². The first kappa shape index (κ1) is 15.1. The summed E-state index contributed by atoms with van der Waals surface area (Å²) in [5.41, 5.74) is 0.693. The number of anilines is 1. The third kappa shape index (κ3) is 4.65. The largest absolute Gasteiger partial charge is 0.495 e. The first-order valence-electron chi connectivity index (χ1n) is 6.83. The quantitative estimate of drug-likeness (QED) is 0.851. The van der Waals surface area contributed by atoms with Crippen molar-refractivity contribution in [1.82, 2.24) is 4.90 Å². The van der Waals surface area contributed by atoms with Crippen LogP contribution in [0, 0.1) is 0 Å². The van der Waals surface area contributed by atoms with Crippen molar-refractivity contribution in [3.05, 3.63) is 48.4 Å². The Morgan fingerprint density at radius 2 is 2.10 bits per heavy atom. The first-order chi connectivity index (χ1) is 10.2. The first-order valence-corrected chi connectivity index (χ1v) is 6.83. The maximum atomic E-state index is 12.0. The molecule has 0 radical (unpaired) electrons. The lowest BCUT2D eigenvalue weighted by atomic mass is 10.2. The van der Waals surface area contributed by atoms with Gasteiger partial charge in [-0.25, -0.2) is 0 Å². The molecule has 5 nitrogen and oxygen atoms in total. The van der Waals surface area contributed by atoms with Gasteiger partial charge in [-0.2, -0.15) is 0 Å². The maximum absolute atomic E-state index is 12.0. The highest BCUT2D eigenvalue weighted by Crippen LogP contribution is 2.23. The second-order valence-corrected chi connectivity index (χ2v) is 4.82. The van der Waals surface area contributed by atoms with E-state index < -0.39 is 0 Å². The number of carbonyl (C=O) groups is 1. The summed E-state index contributed by atoms with van der Waals surface area (Å²) >= 11 is 0. The van der Waals surface area contributed by atoms with Gasteiger partial charge in [-0.15, -0.1) is 0 Å². The molecule has 1 heterocycles. The molecule has 21 heavy (non-hydrogen) atoms. The Bertz CT molecular complexity index is 567. The van der Waals surface area contributed by atoms with Gasteiger partial charge in [0.25, 0.3) is 0 Å². The summed E-state index contributed by atoms with van der Waals surface area (Å²) in [7, 11) is 3.54. The molecule has 112 valence electrons. The Balaban J connectivity index is 1.79. The average molecular weight is 288 g/mol. The number of para-hydroxylation sites is 2. The van der Waals surface area contributed by atoms with Crippen molar-refractivity contribution in [3.8, 4) is 5.75 Å². The van der Waals surface area contributed by atoms with E-state index in [1.165, 1.54) is 0 Å². The molecule has 2 aromatic rings. The van der Waals surface area contributed by atoms with Gasteiger partial charge in [0.2, 0.25) is 5.91 Å². The Hall–Kier alpha value is -2.27. The Labute approximate surface area is 124 Å². The van der Waals surface area contributed by atoms with Crippen LogP contribution in [0.2, 0.25) is 0 Å². The lowest BCUT2D eigenvalue weighted by Crippen LogP contribution is -2.24. The smallest absolute Gasteiger partial charge is 0.225 e.